The molecule has 57 heavy (non-hydrogen) atoms. The van der Waals surface area contributed by atoms with Crippen LogP contribution in [-0.2, 0) is 10.8 Å². The zero-order chi connectivity index (χ0) is 39.6. The van der Waals surface area contributed by atoms with E-state index in [1.165, 1.54) is 33.1 Å². The molecule has 282 valence electrons. The van der Waals surface area contributed by atoms with E-state index in [4.69, 9.17) is 14.7 Å². The lowest BCUT2D eigenvalue weighted by Gasteiger charge is -2.32. The third-order valence-electron chi connectivity index (χ3n) is 11.4. The maximum absolute atomic E-state index is 6.87. The smallest absolute Gasteiger partial charge is 0.422 e. The first kappa shape index (κ1) is 36.3. The van der Waals surface area contributed by atoms with Crippen molar-refractivity contribution in [3.8, 4) is 17.3 Å². The number of para-hydroxylation sites is 2. The van der Waals surface area contributed by atoms with Crippen LogP contribution in [0.2, 0.25) is 0 Å². The van der Waals surface area contributed by atoms with Crippen LogP contribution in [0, 0.1) is 13.8 Å². The molecule has 5 aromatic carbocycles. The zero-order valence-electron chi connectivity index (χ0n) is 34.1. The fraction of sp³-hybridized carbons (Fsp3) is 0.200. The van der Waals surface area contributed by atoms with E-state index in [2.05, 4.69) is 203 Å². The standard InChI is InChI=1S/C50H48BN5O/c1-33-15-14-16-34(2)48(33)51-55(37-17-10-9-11-18-37)43-24-22-39(32-45(43)56(51)47-30-36(26-28-53-47)50(6,7)8)57-38-21-23-41-40-19-12-13-20-42(40)54(44(41)31-38)46-29-35(25-27-52-46)49(3,4)5/h9-32H,1-8H3. The second-order valence-corrected chi connectivity index (χ2v) is 17.3. The summed E-state index contributed by atoms with van der Waals surface area (Å²) >= 11 is 0. The second kappa shape index (κ2) is 13.7. The number of hydrogen-bond acceptors (Lipinski definition) is 5. The highest BCUT2D eigenvalue weighted by Crippen LogP contribution is 2.48. The first-order valence-corrected chi connectivity index (χ1v) is 19.8. The Labute approximate surface area is 336 Å². The first-order chi connectivity index (χ1) is 27.4. The molecule has 6 nitrogen and oxygen atoms in total. The van der Waals surface area contributed by atoms with Gasteiger partial charge >= 0.3 is 6.98 Å². The van der Waals surface area contributed by atoms with Gasteiger partial charge in [-0.25, -0.2) is 9.97 Å². The number of aryl methyl sites for hydroxylation is 2. The van der Waals surface area contributed by atoms with Crippen LogP contribution in [0.5, 0.6) is 11.5 Å². The van der Waals surface area contributed by atoms with Crippen LogP contribution in [0.3, 0.4) is 0 Å². The number of ether oxygens (including phenoxy) is 1. The van der Waals surface area contributed by atoms with E-state index in [1.807, 2.05) is 12.4 Å². The van der Waals surface area contributed by atoms with Crippen molar-refractivity contribution in [2.45, 2.75) is 66.2 Å². The summed E-state index contributed by atoms with van der Waals surface area (Å²) in [5.41, 5.74) is 11.5. The summed E-state index contributed by atoms with van der Waals surface area (Å²) in [6, 6.07) is 47.4. The SMILES string of the molecule is Cc1cccc(C)c1B1N(c2ccccc2)c2ccc(Oc3ccc4c5ccccc5n(-c5cc(C(C)(C)C)ccn5)c4c3)cc2N1c1cc(C(C)(C)C)ccn1. The van der Waals surface area contributed by atoms with E-state index < -0.39 is 0 Å². The summed E-state index contributed by atoms with van der Waals surface area (Å²) in [6.07, 6.45) is 3.87. The number of rotatable bonds is 6. The Hall–Kier alpha value is -6.34. The van der Waals surface area contributed by atoms with Crippen molar-refractivity contribution in [1.82, 2.24) is 14.5 Å². The van der Waals surface area contributed by atoms with Crippen molar-refractivity contribution in [3.05, 3.63) is 168 Å². The highest BCUT2D eigenvalue weighted by molar-refractivity contribution is 6.85. The molecule has 0 aliphatic carbocycles. The van der Waals surface area contributed by atoms with Gasteiger partial charge in [-0.1, -0.05) is 107 Å². The van der Waals surface area contributed by atoms with Crippen molar-refractivity contribution < 1.29 is 4.74 Å². The quantitative estimate of drug-likeness (QED) is 0.159. The van der Waals surface area contributed by atoms with Gasteiger partial charge in [-0.3, -0.25) is 4.57 Å². The van der Waals surface area contributed by atoms with Crippen molar-refractivity contribution in [1.29, 1.82) is 0 Å². The molecule has 0 radical (unpaired) electrons. The first-order valence-electron chi connectivity index (χ1n) is 19.8. The van der Waals surface area contributed by atoms with E-state index in [1.54, 1.807) is 0 Å². The average molecular weight is 746 g/mol. The van der Waals surface area contributed by atoms with Crippen LogP contribution in [0.4, 0.5) is 22.9 Å². The maximum atomic E-state index is 6.87. The molecule has 7 heteroatoms. The van der Waals surface area contributed by atoms with Gasteiger partial charge in [0, 0.05) is 41.0 Å². The number of benzene rings is 5. The lowest BCUT2D eigenvalue weighted by Crippen LogP contribution is -2.55. The summed E-state index contributed by atoms with van der Waals surface area (Å²) in [5.74, 6) is 3.28. The Morgan fingerprint density at radius 3 is 1.81 bits per heavy atom. The van der Waals surface area contributed by atoms with Gasteiger partial charge in [0.1, 0.15) is 23.1 Å². The predicted molar refractivity (Wildman–Crippen MR) is 239 cm³/mol. The number of anilines is 4. The predicted octanol–water partition coefficient (Wildman–Crippen LogP) is 12.3. The van der Waals surface area contributed by atoms with Crippen LogP contribution < -0.4 is 19.8 Å². The number of pyridine rings is 2. The van der Waals surface area contributed by atoms with Crippen LogP contribution in [0.15, 0.2) is 146 Å². The number of aromatic nitrogens is 3. The summed E-state index contributed by atoms with van der Waals surface area (Å²) < 4.78 is 9.13. The molecule has 0 N–H and O–H groups in total. The van der Waals surface area contributed by atoms with Gasteiger partial charge in [-0.05, 0) is 108 Å². The Kier molecular flexibility index (Phi) is 8.73. The van der Waals surface area contributed by atoms with Gasteiger partial charge in [0.25, 0.3) is 0 Å². The molecule has 3 aromatic heterocycles. The van der Waals surface area contributed by atoms with Crippen molar-refractivity contribution in [2.24, 2.45) is 0 Å². The third kappa shape index (κ3) is 6.41. The van der Waals surface area contributed by atoms with Crippen molar-refractivity contribution in [2.75, 3.05) is 9.62 Å². The minimum atomic E-state index is -0.190. The fourth-order valence-corrected chi connectivity index (χ4v) is 8.37. The molecule has 0 saturated carbocycles. The topological polar surface area (TPSA) is 46.4 Å². The zero-order valence-corrected chi connectivity index (χ0v) is 34.1. The van der Waals surface area contributed by atoms with Gasteiger partial charge in [-0.15, -0.1) is 0 Å². The Bertz CT molecular complexity index is 2780. The van der Waals surface area contributed by atoms with Gasteiger partial charge in [0.15, 0.2) is 0 Å². The largest absolute Gasteiger partial charge is 0.457 e. The van der Waals surface area contributed by atoms with Crippen LogP contribution in [0.25, 0.3) is 27.6 Å². The van der Waals surface area contributed by atoms with Crippen molar-refractivity contribution in [3.63, 3.8) is 0 Å². The molecule has 0 fully saturated rings. The highest BCUT2D eigenvalue weighted by Gasteiger charge is 2.46. The number of hydrogen-bond donors (Lipinski definition) is 0. The monoisotopic (exact) mass is 745 g/mol. The number of nitrogens with zero attached hydrogens (tertiary/aromatic N) is 5. The average Bonchev–Trinajstić information content (AvgIpc) is 3.70. The molecule has 0 atom stereocenters. The second-order valence-electron chi connectivity index (χ2n) is 17.3. The van der Waals surface area contributed by atoms with Gasteiger partial charge in [0.2, 0.25) is 0 Å². The molecule has 0 bridgehead atoms. The Morgan fingerprint density at radius 1 is 0.509 bits per heavy atom. The molecule has 1 aliphatic rings. The normalized spacial score (nSPS) is 13.2. The molecule has 8 aromatic rings. The van der Waals surface area contributed by atoms with E-state index in [0.29, 0.717) is 0 Å². The van der Waals surface area contributed by atoms with Gasteiger partial charge in [0.05, 0.1) is 22.4 Å². The van der Waals surface area contributed by atoms with E-state index >= 15 is 0 Å². The number of fused-ring (bicyclic) bond motifs is 4. The van der Waals surface area contributed by atoms with Crippen LogP contribution in [0.1, 0.15) is 63.8 Å². The molecule has 0 unspecified atom stereocenters. The summed E-state index contributed by atoms with van der Waals surface area (Å²) in [5, 5.41) is 2.33. The van der Waals surface area contributed by atoms with E-state index in [0.717, 1.165) is 56.6 Å². The summed E-state index contributed by atoms with van der Waals surface area (Å²) in [4.78, 5) is 14.8. The lowest BCUT2D eigenvalue weighted by atomic mass is 9.61. The Morgan fingerprint density at radius 2 is 1.11 bits per heavy atom. The van der Waals surface area contributed by atoms with Gasteiger partial charge in [-0.2, -0.15) is 0 Å². The molecule has 0 spiro atoms. The minimum absolute atomic E-state index is 0.0112. The minimum Gasteiger partial charge on any atom is -0.457 e. The maximum Gasteiger partial charge on any atom is 0.422 e. The third-order valence-corrected chi connectivity index (χ3v) is 11.4. The van der Waals surface area contributed by atoms with Gasteiger partial charge < -0.3 is 14.4 Å². The van der Waals surface area contributed by atoms with E-state index in [-0.39, 0.29) is 17.8 Å². The fourth-order valence-electron chi connectivity index (χ4n) is 8.37. The molecular weight excluding hydrogens is 697 g/mol. The molecule has 4 heterocycles. The molecule has 0 amide bonds. The van der Waals surface area contributed by atoms with Crippen LogP contribution in [-0.4, -0.2) is 21.5 Å². The molecule has 0 saturated heterocycles. The lowest BCUT2D eigenvalue weighted by molar-refractivity contribution is 0.483. The van der Waals surface area contributed by atoms with E-state index in [9.17, 15) is 0 Å². The van der Waals surface area contributed by atoms with Crippen LogP contribution >= 0.6 is 0 Å². The molecule has 1 aliphatic heterocycles. The van der Waals surface area contributed by atoms with Crippen molar-refractivity contribution >= 4 is 57.1 Å². The highest BCUT2D eigenvalue weighted by atomic mass is 16.5. The summed E-state index contributed by atoms with van der Waals surface area (Å²) in [6.45, 7) is 17.7. The molecule has 9 rings (SSSR count). The summed E-state index contributed by atoms with van der Waals surface area (Å²) in [7, 11) is 0. The Balaban J connectivity index is 1.21. The molecular formula is C50H48BN5O.